The molecule has 2 aliphatic heterocycles. The van der Waals surface area contributed by atoms with E-state index in [0.29, 0.717) is 9.71 Å². The van der Waals surface area contributed by atoms with Gasteiger partial charge in [0.15, 0.2) is 0 Å². The van der Waals surface area contributed by atoms with Gasteiger partial charge in [-0.25, -0.2) is 9.97 Å². The summed E-state index contributed by atoms with van der Waals surface area (Å²) >= 11 is 1.12. The highest BCUT2D eigenvalue weighted by atomic mass is 32.1. The highest BCUT2D eigenvalue weighted by Gasteiger charge is 2.44. The molecule has 0 N–H and O–H groups in total. The van der Waals surface area contributed by atoms with Crippen molar-refractivity contribution in [2.24, 2.45) is 5.41 Å². The van der Waals surface area contributed by atoms with Crippen LogP contribution >= 0.6 is 11.3 Å². The number of fused-ring (bicyclic) bond motifs is 1. The molecule has 2 fully saturated rings. The zero-order chi connectivity index (χ0) is 21.6. The van der Waals surface area contributed by atoms with Crippen LogP contribution in [0.3, 0.4) is 0 Å². The van der Waals surface area contributed by atoms with Crippen molar-refractivity contribution >= 4 is 27.4 Å². The molecule has 4 heterocycles. The van der Waals surface area contributed by atoms with Crippen LogP contribution in [0.4, 0.5) is 19.0 Å². The number of thiophene rings is 1. The first-order valence-electron chi connectivity index (χ1n) is 10.6. The van der Waals surface area contributed by atoms with E-state index in [1.165, 1.54) is 17.5 Å². The zero-order valence-corrected chi connectivity index (χ0v) is 18.3. The number of hydrogen-bond acceptors (Lipinski definition) is 5. The number of aromatic nitrogens is 2. The van der Waals surface area contributed by atoms with E-state index in [2.05, 4.69) is 51.0 Å². The Morgan fingerprint density at radius 1 is 1.06 bits per heavy atom. The maximum Gasteiger partial charge on any atom is 0.393 e. The first-order chi connectivity index (χ1) is 14.8. The lowest BCUT2D eigenvalue weighted by molar-refractivity contribution is -0.126. The summed E-state index contributed by atoms with van der Waals surface area (Å²) in [6.45, 7) is 6.98. The van der Waals surface area contributed by atoms with Gasteiger partial charge in [-0.1, -0.05) is 29.8 Å². The molecule has 0 radical (unpaired) electrons. The second kappa shape index (κ2) is 7.74. The van der Waals surface area contributed by atoms with E-state index >= 15 is 0 Å². The molecular formula is C23H25F3N4S. The lowest BCUT2D eigenvalue weighted by Gasteiger charge is -2.25. The number of likely N-dealkylation sites (tertiary alicyclic amines) is 1. The molecule has 0 saturated carbocycles. The van der Waals surface area contributed by atoms with Gasteiger partial charge in [-0.3, -0.25) is 4.90 Å². The lowest BCUT2D eigenvalue weighted by Crippen LogP contribution is -2.31. The molecule has 31 heavy (non-hydrogen) atoms. The number of rotatable bonds is 4. The summed E-state index contributed by atoms with van der Waals surface area (Å²) < 4.78 is 38.5. The summed E-state index contributed by atoms with van der Waals surface area (Å²) in [6.07, 6.45) is -1.41. The molecule has 3 aromatic rings. The Morgan fingerprint density at radius 2 is 1.84 bits per heavy atom. The fraction of sp³-hybridized carbons (Fsp3) is 0.478. The molecule has 2 saturated heterocycles. The largest absolute Gasteiger partial charge is 0.393 e. The molecule has 1 unspecified atom stereocenters. The molecule has 1 atom stereocenters. The van der Waals surface area contributed by atoms with Gasteiger partial charge in [0, 0.05) is 36.5 Å². The molecule has 8 heteroatoms. The van der Waals surface area contributed by atoms with E-state index in [9.17, 15) is 13.2 Å². The molecule has 2 aliphatic rings. The molecule has 5 rings (SSSR count). The van der Waals surface area contributed by atoms with Gasteiger partial charge < -0.3 is 4.90 Å². The molecule has 0 amide bonds. The number of nitrogens with zero attached hydrogens (tertiary/aromatic N) is 4. The average molecular weight is 447 g/mol. The smallest absolute Gasteiger partial charge is 0.355 e. The van der Waals surface area contributed by atoms with E-state index in [0.717, 1.165) is 68.1 Å². The Hall–Kier alpha value is -2.19. The predicted octanol–water partition coefficient (Wildman–Crippen LogP) is 5.21. The van der Waals surface area contributed by atoms with E-state index in [4.69, 9.17) is 0 Å². The number of halogens is 3. The minimum absolute atomic E-state index is 0.229. The number of aryl methyl sites for hydroxylation is 1. The summed E-state index contributed by atoms with van der Waals surface area (Å²) in [5, 5.41) is 0.748. The average Bonchev–Trinajstić information content (AvgIpc) is 3.41. The van der Waals surface area contributed by atoms with Gasteiger partial charge in [0.1, 0.15) is 17.0 Å². The van der Waals surface area contributed by atoms with Crippen LogP contribution in [-0.4, -0.2) is 47.2 Å². The van der Waals surface area contributed by atoms with Gasteiger partial charge in [-0.05, 0) is 37.9 Å². The van der Waals surface area contributed by atoms with Crippen LogP contribution in [0.2, 0.25) is 0 Å². The molecule has 4 nitrogen and oxygen atoms in total. The van der Waals surface area contributed by atoms with Crippen LogP contribution in [0.5, 0.6) is 0 Å². The van der Waals surface area contributed by atoms with Crippen molar-refractivity contribution in [3.05, 3.63) is 52.7 Å². The second-order valence-corrected chi connectivity index (χ2v) is 10.2. The van der Waals surface area contributed by atoms with Gasteiger partial charge in [-0.2, -0.15) is 13.2 Å². The van der Waals surface area contributed by atoms with Crippen molar-refractivity contribution in [2.75, 3.05) is 31.1 Å². The van der Waals surface area contributed by atoms with E-state index in [1.807, 2.05) is 0 Å². The summed E-state index contributed by atoms with van der Waals surface area (Å²) in [5.74, 6) is 0.781. The van der Waals surface area contributed by atoms with Crippen LogP contribution < -0.4 is 4.90 Å². The first-order valence-corrected chi connectivity index (χ1v) is 11.4. The fourth-order valence-electron chi connectivity index (χ4n) is 4.99. The number of hydrogen-bond donors (Lipinski definition) is 0. The van der Waals surface area contributed by atoms with Gasteiger partial charge >= 0.3 is 6.18 Å². The first kappa shape index (κ1) is 20.7. The number of anilines is 1. The maximum atomic E-state index is 12.8. The molecular weight excluding hydrogens is 421 g/mol. The van der Waals surface area contributed by atoms with Gasteiger partial charge in [0.05, 0.1) is 11.8 Å². The predicted molar refractivity (Wildman–Crippen MR) is 118 cm³/mol. The van der Waals surface area contributed by atoms with Gasteiger partial charge in [0.2, 0.25) is 0 Å². The Balaban J connectivity index is 1.30. The molecule has 1 aromatic carbocycles. The zero-order valence-electron chi connectivity index (χ0n) is 17.5. The molecule has 1 spiro atoms. The summed E-state index contributed by atoms with van der Waals surface area (Å²) in [6, 6.07) is 10.4. The Bertz CT molecular complexity index is 1080. The van der Waals surface area contributed by atoms with Crippen LogP contribution in [0.25, 0.3) is 10.2 Å². The molecule has 0 bridgehead atoms. The second-order valence-electron chi connectivity index (χ2n) is 9.04. The van der Waals surface area contributed by atoms with Crippen LogP contribution in [0.15, 0.2) is 36.7 Å². The SMILES string of the molecule is Cc1ccc(CN2CCC3(CCN(c4ncnc5sc(CC(F)(F)F)cc45)C3)C2)cc1. The van der Waals surface area contributed by atoms with Crippen LogP contribution in [-0.2, 0) is 13.0 Å². The quantitative estimate of drug-likeness (QED) is 0.551. The highest BCUT2D eigenvalue weighted by Crippen LogP contribution is 2.43. The van der Waals surface area contributed by atoms with E-state index in [-0.39, 0.29) is 5.41 Å². The van der Waals surface area contributed by atoms with Gasteiger partial charge in [-0.15, -0.1) is 11.3 Å². The Morgan fingerprint density at radius 3 is 2.61 bits per heavy atom. The minimum Gasteiger partial charge on any atom is -0.355 e. The minimum atomic E-state index is -4.21. The van der Waals surface area contributed by atoms with Gasteiger partial charge in [0.25, 0.3) is 0 Å². The Kier molecular flexibility index (Phi) is 5.17. The normalized spacial score (nSPS) is 22.3. The van der Waals surface area contributed by atoms with Crippen molar-refractivity contribution in [1.82, 2.24) is 14.9 Å². The van der Waals surface area contributed by atoms with Crippen molar-refractivity contribution in [1.29, 1.82) is 0 Å². The molecule has 2 aromatic heterocycles. The third-order valence-electron chi connectivity index (χ3n) is 6.52. The maximum absolute atomic E-state index is 12.8. The van der Waals surface area contributed by atoms with Crippen LogP contribution in [0, 0.1) is 12.3 Å². The molecule has 0 aliphatic carbocycles. The van der Waals surface area contributed by atoms with Crippen molar-refractivity contribution < 1.29 is 13.2 Å². The topological polar surface area (TPSA) is 32.3 Å². The Labute approximate surface area is 183 Å². The van der Waals surface area contributed by atoms with Crippen LogP contribution in [0.1, 0.15) is 28.8 Å². The number of alkyl halides is 3. The fourth-order valence-corrected chi connectivity index (χ4v) is 6.01. The number of benzene rings is 1. The van der Waals surface area contributed by atoms with Crippen molar-refractivity contribution in [3.63, 3.8) is 0 Å². The summed E-state index contributed by atoms with van der Waals surface area (Å²) in [7, 11) is 0. The van der Waals surface area contributed by atoms with Crippen molar-refractivity contribution in [3.8, 4) is 0 Å². The van der Waals surface area contributed by atoms with E-state index in [1.54, 1.807) is 6.07 Å². The lowest BCUT2D eigenvalue weighted by atomic mass is 9.86. The monoisotopic (exact) mass is 446 g/mol. The third kappa shape index (κ3) is 4.41. The molecule has 164 valence electrons. The summed E-state index contributed by atoms with van der Waals surface area (Å²) in [4.78, 5) is 14.4. The highest BCUT2D eigenvalue weighted by molar-refractivity contribution is 7.18. The van der Waals surface area contributed by atoms with Crippen molar-refractivity contribution in [2.45, 2.75) is 38.9 Å². The third-order valence-corrected chi connectivity index (χ3v) is 7.56. The van der Waals surface area contributed by atoms with E-state index < -0.39 is 12.6 Å². The summed E-state index contributed by atoms with van der Waals surface area (Å²) in [5.41, 5.74) is 2.84. The standard InChI is InChI=1S/C23H25F3N4S/c1-16-2-4-17(5-3-16)12-29-8-6-22(13-29)7-9-30(14-22)20-19-10-18(11-23(24,25)26)31-21(19)28-15-27-20/h2-5,10,15H,6-9,11-14H2,1H3.